The molecule has 0 atom stereocenters. The molecule has 0 bridgehead atoms. The Balaban J connectivity index is 1.76. The van der Waals surface area contributed by atoms with Crippen molar-refractivity contribution >= 4 is 23.3 Å². The lowest BCUT2D eigenvalue weighted by atomic mass is 10.1. The molecule has 7 nitrogen and oxygen atoms in total. The van der Waals surface area contributed by atoms with Crippen LogP contribution in [0, 0.1) is 6.92 Å². The molecule has 8 heteroatoms. The average molecular weight is 316 g/mol. The molecule has 2 aromatic heterocycles. The van der Waals surface area contributed by atoms with Crippen LogP contribution in [0.4, 0.5) is 5.88 Å². The molecule has 0 aliphatic heterocycles. The first-order valence-corrected chi connectivity index (χ1v) is 7.16. The van der Waals surface area contributed by atoms with Gasteiger partial charge in [0.15, 0.2) is 0 Å². The van der Waals surface area contributed by atoms with Crippen molar-refractivity contribution in [3.63, 3.8) is 0 Å². The number of nitrogens with one attached hydrogen (secondary N) is 1. The Morgan fingerprint density at radius 1 is 1.32 bits per heavy atom. The second-order valence-corrected chi connectivity index (χ2v) is 5.20. The molecule has 22 heavy (non-hydrogen) atoms. The van der Waals surface area contributed by atoms with Gasteiger partial charge in [-0.25, -0.2) is 0 Å². The standard InChI is InChI=1S/C14H12N4O3S/c1-8-13(22-18-16-8)14(19)15-12-7-11(17-21-12)9-3-5-10(20-2)6-4-9/h3-7H,1-2H3,(H,15,19). The van der Waals surface area contributed by atoms with Crippen LogP contribution in [-0.4, -0.2) is 27.8 Å². The molecule has 0 aliphatic rings. The van der Waals surface area contributed by atoms with Crippen LogP contribution in [0.2, 0.25) is 0 Å². The van der Waals surface area contributed by atoms with Gasteiger partial charge in [0.2, 0.25) is 5.88 Å². The maximum absolute atomic E-state index is 12.0. The third kappa shape index (κ3) is 2.82. The zero-order valence-corrected chi connectivity index (χ0v) is 12.7. The molecule has 0 aliphatic carbocycles. The van der Waals surface area contributed by atoms with E-state index in [0.29, 0.717) is 16.3 Å². The van der Waals surface area contributed by atoms with E-state index in [9.17, 15) is 4.79 Å². The zero-order chi connectivity index (χ0) is 15.5. The van der Waals surface area contributed by atoms with Crippen LogP contribution in [0.15, 0.2) is 34.9 Å². The van der Waals surface area contributed by atoms with E-state index in [1.54, 1.807) is 20.1 Å². The second-order valence-electron chi connectivity index (χ2n) is 4.45. The normalized spacial score (nSPS) is 10.5. The third-order valence-electron chi connectivity index (χ3n) is 2.99. The smallest absolute Gasteiger partial charge is 0.271 e. The summed E-state index contributed by atoms with van der Waals surface area (Å²) in [7, 11) is 1.61. The average Bonchev–Trinajstić information content (AvgIpc) is 3.16. The summed E-state index contributed by atoms with van der Waals surface area (Å²) in [5.41, 5.74) is 2.06. The van der Waals surface area contributed by atoms with Crippen LogP contribution < -0.4 is 10.1 Å². The van der Waals surface area contributed by atoms with Crippen molar-refractivity contribution in [1.82, 2.24) is 14.7 Å². The number of methoxy groups -OCH3 is 1. The number of benzene rings is 1. The van der Waals surface area contributed by atoms with Crippen molar-refractivity contribution in [3.8, 4) is 17.0 Å². The first-order valence-electron chi connectivity index (χ1n) is 6.39. The maximum atomic E-state index is 12.0. The number of nitrogens with zero attached hydrogens (tertiary/aromatic N) is 3. The number of amides is 1. The van der Waals surface area contributed by atoms with E-state index in [1.165, 1.54) is 0 Å². The molecule has 3 rings (SSSR count). The summed E-state index contributed by atoms with van der Waals surface area (Å²) in [5.74, 6) is 0.711. The fourth-order valence-electron chi connectivity index (χ4n) is 1.84. The van der Waals surface area contributed by atoms with E-state index < -0.39 is 0 Å². The largest absolute Gasteiger partial charge is 0.497 e. The number of hydrogen-bond donors (Lipinski definition) is 1. The second kappa shape index (κ2) is 5.94. The molecule has 1 amide bonds. The van der Waals surface area contributed by atoms with Gasteiger partial charge >= 0.3 is 0 Å². The zero-order valence-electron chi connectivity index (χ0n) is 11.9. The highest BCUT2D eigenvalue weighted by Crippen LogP contribution is 2.24. The van der Waals surface area contributed by atoms with Gasteiger partial charge in [0.05, 0.1) is 12.8 Å². The minimum absolute atomic E-state index is 0.267. The molecular formula is C14H12N4O3S. The van der Waals surface area contributed by atoms with Crippen molar-refractivity contribution in [2.24, 2.45) is 0 Å². The molecule has 0 saturated carbocycles. The van der Waals surface area contributed by atoms with Crippen molar-refractivity contribution in [1.29, 1.82) is 0 Å². The number of anilines is 1. The molecule has 1 N–H and O–H groups in total. The molecule has 2 heterocycles. The number of rotatable bonds is 4. The van der Waals surface area contributed by atoms with Gasteiger partial charge in [-0.3, -0.25) is 10.1 Å². The highest BCUT2D eigenvalue weighted by atomic mass is 32.1. The summed E-state index contributed by atoms with van der Waals surface area (Å²) in [5, 5.41) is 10.4. The Kier molecular flexibility index (Phi) is 3.84. The van der Waals surface area contributed by atoms with Crippen LogP contribution in [0.3, 0.4) is 0 Å². The molecule has 0 spiro atoms. The summed E-state index contributed by atoms with van der Waals surface area (Å²) >= 11 is 1.04. The number of aryl methyl sites for hydroxylation is 1. The lowest BCUT2D eigenvalue weighted by molar-refractivity contribution is 0.102. The van der Waals surface area contributed by atoms with Gasteiger partial charge < -0.3 is 9.26 Å². The minimum atomic E-state index is -0.315. The van der Waals surface area contributed by atoms with Gasteiger partial charge in [-0.1, -0.05) is 9.64 Å². The van der Waals surface area contributed by atoms with Crippen LogP contribution >= 0.6 is 11.5 Å². The maximum Gasteiger partial charge on any atom is 0.271 e. The van der Waals surface area contributed by atoms with Crippen molar-refractivity contribution in [3.05, 3.63) is 40.9 Å². The van der Waals surface area contributed by atoms with E-state index in [1.807, 2.05) is 24.3 Å². The Hall–Kier alpha value is -2.74. The summed E-state index contributed by atoms with van der Waals surface area (Å²) in [6.07, 6.45) is 0. The van der Waals surface area contributed by atoms with Crippen molar-refractivity contribution in [2.45, 2.75) is 6.92 Å². The number of carbonyl (C=O) groups excluding carboxylic acids is 1. The van der Waals surface area contributed by atoms with Gasteiger partial charge in [-0.2, -0.15) is 0 Å². The van der Waals surface area contributed by atoms with E-state index in [0.717, 1.165) is 22.8 Å². The SMILES string of the molecule is COc1ccc(-c2cc(NC(=O)c3snnc3C)on2)cc1. The van der Waals surface area contributed by atoms with E-state index in [2.05, 4.69) is 20.1 Å². The van der Waals surface area contributed by atoms with Gasteiger partial charge in [0.1, 0.15) is 16.3 Å². The lowest BCUT2D eigenvalue weighted by Gasteiger charge is -1.99. The molecule has 0 unspecified atom stereocenters. The topological polar surface area (TPSA) is 90.1 Å². The Bertz CT molecular complexity index is 795. The summed E-state index contributed by atoms with van der Waals surface area (Å²) < 4.78 is 14.0. The molecular weight excluding hydrogens is 304 g/mol. The number of ether oxygens (including phenoxy) is 1. The fraction of sp³-hybridized carbons (Fsp3) is 0.143. The predicted molar refractivity (Wildman–Crippen MR) is 81.1 cm³/mol. The highest BCUT2D eigenvalue weighted by Gasteiger charge is 2.16. The highest BCUT2D eigenvalue weighted by molar-refractivity contribution is 7.08. The summed E-state index contributed by atoms with van der Waals surface area (Å²) in [4.78, 5) is 12.5. The fourth-order valence-corrected chi connectivity index (χ4v) is 2.39. The van der Waals surface area contributed by atoms with E-state index >= 15 is 0 Å². The van der Waals surface area contributed by atoms with E-state index in [-0.39, 0.29) is 11.8 Å². The van der Waals surface area contributed by atoms with Crippen LogP contribution in [-0.2, 0) is 0 Å². The summed E-state index contributed by atoms with van der Waals surface area (Å²) in [6.45, 7) is 1.72. The van der Waals surface area contributed by atoms with Crippen LogP contribution in [0.1, 0.15) is 15.4 Å². The van der Waals surface area contributed by atoms with Gasteiger partial charge in [0.25, 0.3) is 5.91 Å². The van der Waals surface area contributed by atoms with Gasteiger partial charge in [-0.05, 0) is 42.7 Å². The van der Waals surface area contributed by atoms with Crippen LogP contribution in [0.5, 0.6) is 5.75 Å². The number of hydrogen-bond acceptors (Lipinski definition) is 7. The molecule has 112 valence electrons. The molecule has 1 aromatic carbocycles. The molecule has 0 fully saturated rings. The quantitative estimate of drug-likeness (QED) is 0.796. The monoisotopic (exact) mass is 316 g/mol. The first-order chi connectivity index (χ1) is 10.7. The minimum Gasteiger partial charge on any atom is -0.497 e. The molecule has 0 saturated heterocycles. The van der Waals surface area contributed by atoms with E-state index in [4.69, 9.17) is 9.26 Å². The van der Waals surface area contributed by atoms with Crippen LogP contribution in [0.25, 0.3) is 11.3 Å². The molecule has 0 radical (unpaired) electrons. The van der Waals surface area contributed by atoms with Crippen molar-refractivity contribution in [2.75, 3.05) is 12.4 Å². The van der Waals surface area contributed by atoms with Gasteiger partial charge in [-0.15, -0.1) is 5.10 Å². The Morgan fingerprint density at radius 2 is 2.09 bits per heavy atom. The van der Waals surface area contributed by atoms with Gasteiger partial charge in [0, 0.05) is 11.6 Å². The first kappa shape index (κ1) is 14.2. The Labute approximate surface area is 130 Å². The number of carbonyl (C=O) groups is 1. The summed E-state index contributed by atoms with van der Waals surface area (Å²) in [6, 6.07) is 9.03. The van der Waals surface area contributed by atoms with Crippen molar-refractivity contribution < 1.29 is 14.1 Å². The number of aromatic nitrogens is 3. The molecule has 3 aromatic rings. The Morgan fingerprint density at radius 3 is 2.73 bits per heavy atom. The lowest BCUT2D eigenvalue weighted by Crippen LogP contribution is -2.10. The predicted octanol–water partition coefficient (Wildman–Crippen LogP) is 2.76. The third-order valence-corrected chi connectivity index (χ3v) is 3.82.